The zero-order chi connectivity index (χ0) is 11.3. The summed E-state index contributed by atoms with van der Waals surface area (Å²) in [6, 6.07) is 5.68. The minimum absolute atomic E-state index is 0.0560. The Bertz CT molecular complexity index is 317. The summed E-state index contributed by atoms with van der Waals surface area (Å²) in [4.78, 5) is 0. The van der Waals surface area contributed by atoms with Crippen molar-refractivity contribution in [3.63, 3.8) is 0 Å². The molecule has 0 amide bonds. The van der Waals surface area contributed by atoms with E-state index in [1.165, 1.54) is 0 Å². The molecule has 1 aromatic carbocycles. The van der Waals surface area contributed by atoms with Crippen molar-refractivity contribution in [3.05, 3.63) is 28.2 Å². The Kier molecular flexibility index (Phi) is 5.08. The second-order valence-corrected chi connectivity index (χ2v) is 4.03. The van der Waals surface area contributed by atoms with Gasteiger partial charge in [0, 0.05) is 4.47 Å². The highest BCUT2D eigenvalue weighted by atomic mass is 79.9. The van der Waals surface area contributed by atoms with E-state index in [9.17, 15) is 5.11 Å². The SMILES string of the molecule is CCNC(CO)c1cc(OC)ccc1Br. The van der Waals surface area contributed by atoms with E-state index < -0.39 is 0 Å². The summed E-state index contributed by atoms with van der Waals surface area (Å²) in [5, 5.41) is 12.5. The summed E-state index contributed by atoms with van der Waals surface area (Å²) in [6.07, 6.45) is 0. The minimum atomic E-state index is -0.0560. The van der Waals surface area contributed by atoms with Crippen molar-refractivity contribution in [2.75, 3.05) is 20.3 Å². The molecule has 0 bridgehead atoms. The highest BCUT2D eigenvalue weighted by Gasteiger charge is 2.13. The lowest BCUT2D eigenvalue weighted by Crippen LogP contribution is -2.24. The van der Waals surface area contributed by atoms with Gasteiger partial charge >= 0.3 is 0 Å². The third kappa shape index (κ3) is 3.19. The van der Waals surface area contributed by atoms with Gasteiger partial charge in [-0.1, -0.05) is 22.9 Å². The van der Waals surface area contributed by atoms with Gasteiger partial charge in [0.25, 0.3) is 0 Å². The summed E-state index contributed by atoms with van der Waals surface area (Å²) in [5.41, 5.74) is 1.01. The predicted octanol–water partition coefficient (Wildman–Crippen LogP) is 2.10. The standard InChI is InChI=1S/C11H16BrNO2/c1-3-13-11(7-14)9-6-8(15-2)4-5-10(9)12/h4-6,11,13-14H,3,7H2,1-2H3. The molecule has 0 aromatic heterocycles. The summed E-state index contributed by atoms with van der Waals surface area (Å²) in [7, 11) is 1.63. The number of benzene rings is 1. The number of hydrogen-bond donors (Lipinski definition) is 2. The topological polar surface area (TPSA) is 41.5 Å². The Hall–Kier alpha value is -0.580. The molecule has 0 saturated carbocycles. The molecule has 84 valence electrons. The Balaban J connectivity index is 2.98. The zero-order valence-corrected chi connectivity index (χ0v) is 10.5. The number of methoxy groups -OCH3 is 1. The van der Waals surface area contributed by atoms with Crippen LogP contribution in [0.3, 0.4) is 0 Å². The van der Waals surface area contributed by atoms with E-state index in [1.807, 2.05) is 25.1 Å². The molecular weight excluding hydrogens is 258 g/mol. The first-order chi connectivity index (χ1) is 7.22. The van der Waals surface area contributed by atoms with Crippen LogP contribution in [0.4, 0.5) is 0 Å². The molecule has 1 unspecified atom stereocenters. The highest BCUT2D eigenvalue weighted by Crippen LogP contribution is 2.27. The third-order valence-corrected chi connectivity index (χ3v) is 2.93. The molecule has 0 fully saturated rings. The van der Waals surface area contributed by atoms with Crippen LogP contribution in [-0.2, 0) is 0 Å². The molecule has 0 radical (unpaired) electrons. The van der Waals surface area contributed by atoms with Gasteiger partial charge in [0.15, 0.2) is 0 Å². The van der Waals surface area contributed by atoms with Crippen LogP contribution in [0.2, 0.25) is 0 Å². The normalized spacial score (nSPS) is 12.5. The van der Waals surface area contributed by atoms with Crippen molar-refractivity contribution >= 4 is 15.9 Å². The molecule has 0 aliphatic heterocycles. The first-order valence-corrected chi connectivity index (χ1v) is 5.69. The number of rotatable bonds is 5. The Morgan fingerprint density at radius 1 is 1.53 bits per heavy atom. The third-order valence-electron chi connectivity index (χ3n) is 2.21. The van der Waals surface area contributed by atoms with E-state index in [0.717, 1.165) is 22.3 Å². The van der Waals surface area contributed by atoms with Crippen molar-refractivity contribution in [3.8, 4) is 5.75 Å². The van der Waals surface area contributed by atoms with Crippen LogP contribution >= 0.6 is 15.9 Å². The van der Waals surface area contributed by atoms with Crippen molar-refractivity contribution < 1.29 is 9.84 Å². The minimum Gasteiger partial charge on any atom is -0.497 e. The van der Waals surface area contributed by atoms with Gasteiger partial charge in [0.1, 0.15) is 5.75 Å². The van der Waals surface area contributed by atoms with Crippen LogP contribution in [0.15, 0.2) is 22.7 Å². The molecule has 3 nitrogen and oxygen atoms in total. The van der Waals surface area contributed by atoms with Crippen LogP contribution in [0.1, 0.15) is 18.5 Å². The van der Waals surface area contributed by atoms with Gasteiger partial charge in [-0.05, 0) is 30.3 Å². The number of hydrogen-bond acceptors (Lipinski definition) is 3. The van der Waals surface area contributed by atoms with Crippen molar-refractivity contribution in [2.24, 2.45) is 0 Å². The largest absolute Gasteiger partial charge is 0.497 e. The van der Waals surface area contributed by atoms with Gasteiger partial charge in [0.2, 0.25) is 0 Å². The molecule has 15 heavy (non-hydrogen) atoms. The quantitative estimate of drug-likeness (QED) is 0.864. The van der Waals surface area contributed by atoms with Crippen molar-refractivity contribution in [1.29, 1.82) is 0 Å². The number of halogens is 1. The van der Waals surface area contributed by atoms with Crippen molar-refractivity contribution in [1.82, 2.24) is 5.32 Å². The molecule has 2 N–H and O–H groups in total. The van der Waals surface area contributed by atoms with Crippen LogP contribution < -0.4 is 10.1 Å². The zero-order valence-electron chi connectivity index (χ0n) is 8.96. The first kappa shape index (κ1) is 12.5. The molecule has 0 heterocycles. The number of aliphatic hydroxyl groups is 1. The van der Waals surface area contributed by atoms with Crippen LogP contribution in [-0.4, -0.2) is 25.4 Å². The molecule has 1 rings (SSSR count). The molecule has 1 aromatic rings. The maximum absolute atomic E-state index is 9.27. The van der Waals surface area contributed by atoms with Gasteiger partial charge in [-0.3, -0.25) is 0 Å². The molecule has 0 aliphatic carbocycles. The molecular formula is C11H16BrNO2. The highest BCUT2D eigenvalue weighted by molar-refractivity contribution is 9.10. The summed E-state index contributed by atoms with van der Waals surface area (Å²) in [5.74, 6) is 0.796. The molecule has 1 atom stereocenters. The summed E-state index contributed by atoms with van der Waals surface area (Å²) >= 11 is 3.46. The lowest BCUT2D eigenvalue weighted by Gasteiger charge is -2.17. The van der Waals surface area contributed by atoms with E-state index in [0.29, 0.717) is 0 Å². The maximum Gasteiger partial charge on any atom is 0.119 e. The maximum atomic E-state index is 9.27. The Morgan fingerprint density at radius 3 is 2.80 bits per heavy atom. The van der Waals surface area contributed by atoms with Gasteiger partial charge in [-0.2, -0.15) is 0 Å². The van der Waals surface area contributed by atoms with E-state index in [2.05, 4.69) is 21.2 Å². The van der Waals surface area contributed by atoms with E-state index in [-0.39, 0.29) is 12.6 Å². The molecule has 4 heteroatoms. The second-order valence-electron chi connectivity index (χ2n) is 3.18. The lowest BCUT2D eigenvalue weighted by atomic mass is 10.1. The lowest BCUT2D eigenvalue weighted by molar-refractivity contribution is 0.245. The average molecular weight is 274 g/mol. The predicted molar refractivity (Wildman–Crippen MR) is 64.2 cm³/mol. The number of aliphatic hydroxyl groups excluding tert-OH is 1. The first-order valence-electron chi connectivity index (χ1n) is 4.90. The van der Waals surface area contributed by atoms with Crippen LogP contribution in [0, 0.1) is 0 Å². The van der Waals surface area contributed by atoms with E-state index >= 15 is 0 Å². The monoisotopic (exact) mass is 273 g/mol. The Morgan fingerprint density at radius 2 is 2.27 bits per heavy atom. The van der Waals surface area contributed by atoms with Crippen molar-refractivity contribution in [2.45, 2.75) is 13.0 Å². The van der Waals surface area contributed by atoms with Gasteiger partial charge in [0.05, 0.1) is 19.8 Å². The molecule has 0 spiro atoms. The second kappa shape index (κ2) is 6.10. The smallest absolute Gasteiger partial charge is 0.119 e. The van der Waals surface area contributed by atoms with Crippen LogP contribution in [0.5, 0.6) is 5.75 Å². The van der Waals surface area contributed by atoms with E-state index in [4.69, 9.17) is 4.74 Å². The van der Waals surface area contributed by atoms with Gasteiger partial charge < -0.3 is 15.2 Å². The fourth-order valence-corrected chi connectivity index (χ4v) is 1.96. The summed E-state index contributed by atoms with van der Waals surface area (Å²) < 4.78 is 6.13. The van der Waals surface area contributed by atoms with E-state index in [1.54, 1.807) is 7.11 Å². The fourth-order valence-electron chi connectivity index (χ4n) is 1.44. The number of ether oxygens (including phenoxy) is 1. The fraction of sp³-hybridized carbons (Fsp3) is 0.455. The Labute approximate surface area is 98.6 Å². The van der Waals surface area contributed by atoms with Gasteiger partial charge in [-0.25, -0.2) is 0 Å². The summed E-state index contributed by atoms with van der Waals surface area (Å²) in [6.45, 7) is 2.89. The molecule has 0 aliphatic rings. The number of nitrogens with one attached hydrogen (secondary N) is 1. The molecule has 0 saturated heterocycles. The van der Waals surface area contributed by atoms with Crippen LogP contribution in [0.25, 0.3) is 0 Å². The number of likely N-dealkylation sites (N-methyl/N-ethyl adjacent to an activating group) is 1. The van der Waals surface area contributed by atoms with Gasteiger partial charge in [-0.15, -0.1) is 0 Å². The average Bonchev–Trinajstić information content (AvgIpc) is 2.27.